The van der Waals surface area contributed by atoms with Crippen molar-refractivity contribution in [1.82, 2.24) is 0 Å². The normalized spacial score (nSPS) is 12.6. The first-order valence-electron chi connectivity index (χ1n) is 6.31. The highest BCUT2D eigenvalue weighted by atomic mass is 16.3. The number of carbonyl (C=O) groups excluding carboxylic acids is 1. The number of ketones is 1. The van der Waals surface area contributed by atoms with Crippen molar-refractivity contribution < 1.29 is 9.90 Å². The molecular weight excluding hydrogens is 224 g/mol. The summed E-state index contributed by atoms with van der Waals surface area (Å²) in [7, 11) is 0. The first-order chi connectivity index (χ1) is 8.65. The van der Waals surface area contributed by atoms with Gasteiger partial charge in [-0.05, 0) is 30.2 Å². The third kappa shape index (κ3) is 2.44. The van der Waals surface area contributed by atoms with Crippen LogP contribution in [0.25, 0.3) is 10.8 Å². The number of carbonyl (C=O) groups is 1. The molecule has 94 valence electrons. The van der Waals surface area contributed by atoms with Crippen molar-refractivity contribution >= 4 is 16.6 Å². The number of Topliss-reactive ketones (excluding diaryl/α,β-unsaturated/α-hetero) is 1. The number of aryl methyl sites for hydroxylation is 1. The van der Waals surface area contributed by atoms with Gasteiger partial charge in [0.05, 0.1) is 6.61 Å². The molecule has 2 nitrogen and oxygen atoms in total. The summed E-state index contributed by atoms with van der Waals surface area (Å²) in [5.74, 6) is -0.254. The van der Waals surface area contributed by atoms with Crippen molar-refractivity contribution in [2.24, 2.45) is 5.92 Å². The number of aliphatic hydroxyl groups excluding tert-OH is 1. The third-order valence-electron chi connectivity index (χ3n) is 3.36. The van der Waals surface area contributed by atoms with Crippen LogP contribution in [-0.2, 0) is 0 Å². The van der Waals surface area contributed by atoms with Crippen LogP contribution < -0.4 is 0 Å². The maximum atomic E-state index is 12.2. The smallest absolute Gasteiger partial charge is 0.168 e. The molecule has 1 unspecified atom stereocenters. The van der Waals surface area contributed by atoms with Crippen molar-refractivity contribution in [3.8, 4) is 0 Å². The molecule has 0 heterocycles. The van der Waals surface area contributed by atoms with Gasteiger partial charge in [-0.15, -0.1) is 0 Å². The molecule has 0 fully saturated rings. The first-order valence-corrected chi connectivity index (χ1v) is 6.31. The molecule has 2 heteroatoms. The second kappa shape index (κ2) is 5.32. The van der Waals surface area contributed by atoms with Gasteiger partial charge < -0.3 is 5.11 Å². The van der Waals surface area contributed by atoms with Gasteiger partial charge in [0, 0.05) is 11.5 Å². The molecule has 1 N–H and O–H groups in total. The monoisotopic (exact) mass is 242 g/mol. The Kier molecular flexibility index (Phi) is 3.78. The summed E-state index contributed by atoms with van der Waals surface area (Å²) in [5.41, 5.74) is 1.90. The molecule has 0 aromatic heterocycles. The van der Waals surface area contributed by atoms with Gasteiger partial charge in [-0.3, -0.25) is 4.79 Å². The molecule has 0 saturated heterocycles. The number of rotatable bonds is 4. The SMILES string of the molecule is CCC(CO)C(=O)c1ccc2cc(C)ccc2c1. The molecule has 1 atom stereocenters. The number of aliphatic hydroxyl groups is 1. The maximum Gasteiger partial charge on any atom is 0.168 e. The summed E-state index contributed by atoms with van der Waals surface area (Å²) in [4.78, 5) is 12.2. The van der Waals surface area contributed by atoms with E-state index in [9.17, 15) is 9.90 Å². The van der Waals surface area contributed by atoms with Crippen LogP contribution in [0.15, 0.2) is 36.4 Å². The molecule has 2 rings (SSSR count). The Morgan fingerprint density at radius 2 is 1.83 bits per heavy atom. The van der Waals surface area contributed by atoms with Crippen LogP contribution in [0, 0.1) is 12.8 Å². The fourth-order valence-corrected chi connectivity index (χ4v) is 2.15. The second-order valence-corrected chi connectivity index (χ2v) is 4.72. The van der Waals surface area contributed by atoms with E-state index in [0.29, 0.717) is 12.0 Å². The van der Waals surface area contributed by atoms with Crippen LogP contribution in [0.3, 0.4) is 0 Å². The molecule has 0 bridgehead atoms. The highest BCUT2D eigenvalue weighted by Gasteiger charge is 2.17. The lowest BCUT2D eigenvalue weighted by Crippen LogP contribution is -2.17. The molecule has 0 spiro atoms. The molecule has 0 aliphatic heterocycles. The first kappa shape index (κ1) is 12.8. The topological polar surface area (TPSA) is 37.3 Å². The Morgan fingerprint density at radius 3 is 2.50 bits per heavy atom. The Morgan fingerprint density at radius 1 is 1.17 bits per heavy atom. The summed E-state index contributed by atoms with van der Waals surface area (Å²) in [6.07, 6.45) is 0.668. The minimum absolute atomic E-state index is 0.0301. The number of fused-ring (bicyclic) bond motifs is 1. The van der Waals surface area contributed by atoms with Crippen LogP contribution in [0.5, 0.6) is 0 Å². The van der Waals surface area contributed by atoms with Crippen molar-refractivity contribution in [2.75, 3.05) is 6.61 Å². The van der Waals surface area contributed by atoms with Gasteiger partial charge in [0.25, 0.3) is 0 Å². The van der Waals surface area contributed by atoms with E-state index < -0.39 is 0 Å². The lowest BCUT2D eigenvalue weighted by molar-refractivity contribution is 0.0856. The molecule has 0 aliphatic rings. The molecule has 18 heavy (non-hydrogen) atoms. The van der Waals surface area contributed by atoms with Crippen molar-refractivity contribution in [3.63, 3.8) is 0 Å². The fraction of sp³-hybridized carbons (Fsp3) is 0.312. The summed E-state index contributed by atoms with van der Waals surface area (Å²) in [6.45, 7) is 3.89. The average Bonchev–Trinajstić information content (AvgIpc) is 2.39. The van der Waals surface area contributed by atoms with Gasteiger partial charge in [-0.25, -0.2) is 0 Å². The van der Waals surface area contributed by atoms with E-state index in [-0.39, 0.29) is 18.3 Å². The third-order valence-corrected chi connectivity index (χ3v) is 3.36. The Labute approximate surface area is 107 Å². The number of hydrogen-bond donors (Lipinski definition) is 1. The number of hydrogen-bond acceptors (Lipinski definition) is 2. The highest BCUT2D eigenvalue weighted by Crippen LogP contribution is 2.20. The predicted octanol–water partition coefficient (Wildman–Crippen LogP) is 3.35. The average molecular weight is 242 g/mol. The molecular formula is C16H18O2. The zero-order valence-electron chi connectivity index (χ0n) is 10.8. The molecule has 0 saturated carbocycles. The van der Waals surface area contributed by atoms with E-state index >= 15 is 0 Å². The lowest BCUT2D eigenvalue weighted by atomic mass is 9.94. The Bertz CT molecular complexity index is 568. The molecule has 2 aromatic carbocycles. The van der Waals surface area contributed by atoms with Crippen molar-refractivity contribution in [3.05, 3.63) is 47.5 Å². The molecule has 2 aromatic rings. The van der Waals surface area contributed by atoms with E-state index in [1.54, 1.807) is 0 Å². The minimum Gasteiger partial charge on any atom is -0.396 e. The van der Waals surface area contributed by atoms with E-state index in [1.165, 1.54) is 5.56 Å². The summed E-state index contributed by atoms with van der Waals surface area (Å²) in [5, 5.41) is 11.4. The largest absolute Gasteiger partial charge is 0.396 e. The fourth-order valence-electron chi connectivity index (χ4n) is 2.15. The highest BCUT2D eigenvalue weighted by molar-refractivity contribution is 6.01. The van der Waals surface area contributed by atoms with Gasteiger partial charge in [0.2, 0.25) is 0 Å². The second-order valence-electron chi connectivity index (χ2n) is 4.72. The van der Waals surface area contributed by atoms with Crippen LogP contribution in [0.1, 0.15) is 29.3 Å². The zero-order valence-corrected chi connectivity index (χ0v) is 10.8. The molecule has 0 radical (unpaired) electrons. The summed E-state index contributed by atoms with van der Waals surface area (Å²) < 4.78 is 0. The summed E-state index contributed by atoms with van der Waals surface area (Å²) in [6, 6.07) is 11.9. The molecule has 0 amide bonds. The van der Waals surface area contributed by atoms with E-state index in [1.807, 2.05) is 37.3 Å². The predicted molar refractivity (Wildman–Crippen MR) is 73.9 cm³/mol. The quantitative estimate of drug-likeness (QED) is 0.835. The van der Waals surface area contributed by atoms with Crippen LogP contribution >= 0.6 is 0 Å². The van der Waals surface area contributed by atoms with Gasteiger partial charge in [0.1, 0.15) is 0 Å². The van der Waals surface area contributed by atoms with Gasteiger partial charge in [0.15, 0.2) is 5.78 Å². The Hall–Kier alpha value is -1.67. The van der Waals surface area contributed by atoms with E-state index in [2.05, 4.69) is 13.0 Å². The standard InChI is InChI=1S/C16H18O2/c1-3-12(10-17)16(18)15-7-6-13-8-11(2)4-5-14(13)9-15/h4-9,12,17H,3,10H2,1-2H3. The summed E-state index contributed by atoms with van der Waals surface area (Å²) >= 11 is 0. The van der Waals surface area contributed by atoms with Crippen LogP contribution in [0.2, 0.25) is 0 Å². The molecule has 0 aliphatic carbocycles. The van der Waals surface area contributed by atoms with Crippen LogP contribution in [0.4, 0.5) is 0 Å². The van der Waals surface area contributed by atoms with Gasteiger partial charge in [-0.1, -0.05) is 42.8 Å². The van der Waals surface area contributed by atoms with Crippen molar-refractivity contribution in [1.29, 1.82) is 0 Å². The minimum atomic E-state index is -0.284. The van der Waals surface area contributed by atoms with Gasteiger partial charge in [-0.2, -0.15) is 0 Å². The Balaban J connectivity index is 2.41. The van der Waals surface area contributed by atoms with Gasteiger partial charge >= 0.3 is 0 Å². The number of benzene rings is 2. The van der Waals surface area contributed by atoms with Crippen molar-refractivity contribution in [2.45, 2.75) is 20.3 Å². The maximum absolute atomic E-state index is 12.2. The lowest BCUT2D eigenvalue weighted by Gasteiger charge is -2.11. The van der Waals surface area contributed by atoms with E-state index in [0.717, 1.165) is 10.8 Å². The van der Waals surface area contributed by atoms with Crippen LogP contribution in [-0.4, -0.2) is 17.5 Å². The zero-order chi connectivity index (χ0) is 13.1. The van der Waals surface area contributed by atoms with E-state index in [4.69, 9.17) is 0 Å².